The molecule has 2 aromatic carbocycles. The molecule has 0 aliphatic heterocycles. The molecule has 5 heteroatoms. The highest BCUT2D eigenvalue weighted by atomic mass is 16.3. The lowest BCUT2D eigenvalue weighted by atomic mass is 10.1. The van der Waals surface area contributed by atoms with E-state index in [1.54, 1.807) is 6.26 Å². The van der Waals surface area contributed by atoms with Crippen LogP contribution in [0.4, 0.5) is 5.95 Å². The van der Waals surface area contributed by atoms with E-state index >= 15 is 0 Å². The molecular formula is C21H19N3O2. The molecule has 5 nitrogen and oxygen atoms in total. The summed E-state index contributed by atoms with van der Waals surface area (Å²) in [7, 11) is 0. The normalized spacial score (nSPS) is 12.2. The fourth-order valence-corrected chi connectivity index (χ4v) is 3.02. The fourth-order valence-electron chi connectivity index (χ4n) is 3.02. The van der Waals surface area contributed by atoms with Gasteiger partial charge >= 0.3 is 0 Å². The first-order valence-corrected chi connectivity index (χ1v) is 8.58. The monoisotopic (exact) mass is 345 g/mol. The Kier molecular flexibility index (Phi) is 4.62. The van der Waals surface area contributed by atoms with Gasteiger partial charge in [0, 0.05) is 17.6 Å². The number of hydrogen-bond acceptors (Lipinski definition) is 5. The smallest absolute Gasteiger partial charge is 0.224 e. The van der Waals surface area contributed by atoms with Crippen molar-refractivity contribution >= 4 is 16.9 Å². The zero-order valence-electron chi connectivity index (χ0n) is 14.2. The van der Waals surface area contributed by atoms with E-state index in [1.807, 2.05) is 66.7 Å². The number of nitrogens with one attached hydrogen (secondary N) is 1. The maximum atomic E-state index is 9.40. The minimum absolute atomic E-state index is 0.0392. The highest BCUT2D eigenvalue weighted by molar-refractivity contribution is 5.93. The second kappa shape index (κ2) is 7.37. The molecule has 0 spiro atoms. The van der Waals surface area contributed by atoms with E-state index in [1.165, 1.54) is 0 Å². The average molecular weight is 345 g/mol. The second-order valence-electron chi connectivity index (χ2n) is 6.00. The summed E-state index contributed by atoms with van der Waals surface area (Å²) in [5, 5.41) is 13.7. The topological polar surface area (TPSA) is 71.2 Å². The van der Waals surface area contributed by atoms with Crippen molar-refractivity contribution in [2.45, 2.75) is 12.5 Å². The fraction of sp³-hybridized carbons (Fsp3) is 0.143. The lowest BCUT2D eigenvalue weighted by Gasteiger charge is -2.17. The number of fused-ring (bicyclic) bond motifs is 1. The first-order chi connectivity index (χ1) is 12.8. The van der Waals surface area contributed by atoms with Crippen molar-refractivity contribution in [3.05, 3.63) is 78.8 Å². The van der Waals surface area contributed by atoms with Crippen molar-refractivity contribution in [3.8, 4) is 11.3 Å². The van der Waals surface area contributed by atoms with E-state index < -0.39 is 0 Å². The third-order valence-electron chi connectivity index (χ3n) is 4.26. The van der Waals surface area contributed by atoms with Crippen LogP contribution in [0.1, 0.15) is 18.2 Å². The molecule has 2 aromatic heterocycles. The van der Waals surface area contributed by atoms with Crippen LogP contribution in [0.2, 0.25) is 0 Å². The Morgan fingerprint density at radius 3 is 2.50 bits per heavy atom. The third kappa shape index (κ3) is 3.30. The molecule has 0 bridgehead atoms. The molecule has 0 radical (unpaired) electrons. The van der Waals surface area contributed by atoms with Gasteiger partial charge in [-0.25, -0.2) is 9.97 Å². The molecule has 130 valence electrons. The third-order valence-corrected chi connectivity index (χ3v) is 4.26. The van der Waals surface area contributed by atoms with Crippen LogP contribution >= 0.6 is 0 Å². The van der Waals surface area contributed by atoms with E-state index in [0.29, 0.717) is 12.4 Å². The largest absolute Gasteiger partial charge is 0.467 e. The number of para-hydroxylation sites is 1. The lowest BCUT2D eigenvalue weighted by Crippen LogP contribution is -2.14. The number of benzene rings is 2. The number of anilines is 1. The Hall–Kier alpha value is -3.18. The Labute approximate surface area is 151 Å². The van der Waals surface area contributed by atoms with Crippen molar-refractivity contribution in [2.75, 3.05) is 11.9 Å². The molecule has 0 aliphatic rings. The maximum Gasteiger partial charge on any atom is 0.224 e. The van der Waals surface area contributed by atoms with Gasteiger partial charge in [0.25, 0.3) is 0 Å². The number of furan rings is 1. The van der Waals surface area contributed by atoms with Gasteiger partial charge in [-0.05, 0) is 24.6 Å². The van der Waals surface area contributed by atoms with Crippen molar-refractivity contribution in [1.82, 2.24) is 9.97 Å². The molecule has 2 heterocycles. The molecule has 1 unspecified atom stereocenters. The first kappa shape index (κ1) is 16.3. The van der Waals surface area contributed by atoms with Crippen molar-refractivity contribution in [2.24, 2.45) is 0 Å². The Morgan fingerprint density at radius 2 is 1.73 bits per heavy atom. The van der Waals surface area contributed by atoms with Gasteiger partial charge in [0.15, 0.2) is 0 Å². The van der Waals surface area contributed by atoms with Crippen molar-refractivity contribution in [3.63, 3.8) is 0 Å². The average Bonchev–Trinajstić information content (AvgIpc) is 3.22. The second-order valence-corrected chi connectivity index (χ2v) is 6.00. The van der Waals surface area contributed by atoms with Gasteiger partial charge in [-0.2, -0.15) is 0 Å². The maximum absolute atomic E-state index is 9.40. The molecule has 0 aliphatic carbocycles. The highest BCUT2D eigenvalue weighted by Gasteiger charge is 2.17. The summed E-state index contributed by atoms with van der Waals surface area (Å²) in [4.78, 5) is 9.41. The minimum Gasteiger partial charge on any atom is -0.467 e. The van der Waals surface area contributed by atoms with Gasteiger partial charge in [-0.15, -0.1) is 0 Å². The summed E-state index contributed by atoms with van der Waals surface area (Å²) in [6.45, 7) is 0.0392. The van der Waals surface area contributed by atoms with Gasteiger partial charge in [0.2, 0.25) is 5.95 Å². The van der Waals surface area contributed by atoms with E-state index in [0.717, 1.165) is 27.9 Å². The number of aliphatic hydroxyl groups excluding tert-OH is 1. The van der Waals surface area contributed by atoms with Gasteiger partial charge < -0.3 is 14.8 Å². The molecule has 0 saturated heterocycles. The number of aliphatic hydroxyl groups is 1. The summed E-state index contributed by atoms with van der Waals surface area (Å²) in [5.41, 5.74) is 2.78. The SMILES string of the molecule is OCCC(Nc1nc(-c2ccccc2)c2ccccc2n1)c1ccco1. The van der Waals surface area contributed by atoms with Crippen LogP contribution in [0.25, 0.3) is 22.2 Å². The summed E-state index contributed by atoms with van der Waals surface area (Å²) in [5.74, 6) is 1.26. The van der Waals surface area contributed by atoms with E-state index in [2.05, 4.69) is 10.3 Å². The van der Waals surface area contributed by atoms with Crippen LogP contribution in [-0.2, 0) is 0 Å². The Morgan fingerprint density at radius 1 is 0.923 bits per heavy atom. The number of nitrogens with zero attached hydrogens (tertiary/aromatic N) is 2. The molecule has 4 aromatic rings. The highest BCUT2D eigenvalue weighted by Crippen LogP contribution is 2.29. The zero-order valence-corrected chi connectivity index (χ0v) is 14.2. The first-order valence-electron chi connectivity index (χ1n) is 8.58. The van der Waals surface area contributed by atoms with Crippen LogP contribution in [0.3, 0.4) is 0 Å². The van der Waals surface area contributed by atoms with Crippen molar-refractivity contribution in [1.29, 1.82) is 0 Å². The van der Waals surface area contributed by atoms with Crippen LogP contribution in [0, 0.1) is 0 Å². The van der Waals surface area contributed by atoms with Crippen LogP contribution < -0.4 is 5.32 Å². The van der Waals surface area contributed by atoms with E-state index in [4.69, 9.17) is 9.40 Å². The van der Waals surface area contributed by atoms with Crippen molar-refractivity contribution < 1.29 is 9.52 Å². The predicted octanol–water partition coefficient (Wildman–Crippen LogP) is 4.43. The minimum atomic E-state index is -0.195. The molecule has 0 fully saturated rings. The van der Waals surface area contributed by atoms with E-state index in [9.17, 15) is 5.11 Å². The molecule has 1 atom stereocenters. The Balaban J connectivity index is 1.78. The molecule has 2 N–H and O–H groups in total. The van der Waals surface area contributed by atoms with Gasteiger partial charge in [0.1, 0.15) is 5.76 Å². The summed E-state index contributed by atoms with van der Waals surface area (Å²) in [6.07, 6.45) is 2.13. The van der Waals surface area contributed by atoms with Gasteiger partial charge in [-0.3, -0.25) is 0 Å². The Bertz CT molecular complexity index is 985. The number of hydrogen-bond donors (Lipinski definition) is 2. The molecule has 26 heavy (non-hydrogen) atoms. The summed E-state index contributed by atoms with van der Waals surface area (Å²) in [6, 6.07) is 21.5. The number of aromatic nitrogens is 2. The van der Waals surface area contributed by atoms with Gasteiger partial charge in [-0.1, -0.05) is 48.5 Å². The van der Waals surface area contributed by atoms with Crippen LogP contribution in [-0.4, -0.2) is 21.7 Å². The van der Waals surface area contributed by atoms with Gasteiger partial charge in [0.05, 0.1) is 23.5 Å². The molecule has 0 saturated carbocycles. The molecule has 0 amide bonds. The summed E-state index contributed by atoms with van der Waals surface area (Å²) >= 11 is 0. The van der Waals surface area contributed by atoms with Crippen LogP contribution in [0.15, 0.2) is 77.4 Å². The summed E-state index contributed by atoms with van der Waals surface area (Å²) < 4.78 is 5.49. The van der Waals surface area contributed by atoms with E-state index in [-0.39, 0.29) is 12.6 Å². The lowest BCUT2D eigenvalue weighted by molar-refractivity contribution is 0.273. The quantitative estimate of drug-likeness (QED) is 0.541. The van der Waals surface area contributed by atoms with Crippen LogP contribution in [0.5, 0.6) is 0 Å². The molecule has 4 rings (SSSR count). The number of rotatable bonds is 6. The standard InChI is InChI=1S/C21H19N3O2/c25-13-12-18(19-11-6-14-26-19)23-21-22-17-10-5-4-9-16(17)20(24-21)15-7-2-1-3-8-15/h1-11,14,18,25H,12-13H2,(H,22,23,24). The zero-order chi connectivity index (χ0) is 17.8. The predicted molar refractivity (Wildman–Crippen MR) is 102 cm³/mol. The molecular weight excluding hydrogens is 326 g/mol.